The molecule has 0 unspecified atom stereocenters. The second-order valence-corrected chi connectivity index (χ2v) is 5.58. The van der Waals surface area contributed by atoms with E-state index in [9.17, 15) is 9.18 Å². The van der Waals surface area contributed by atoms with Gasteiger partial charge >= 0.3 is 0 Å². The number of carbonyl (C=O) groups is 1. The normalized spacial score (nSPS) is 10.2. The van der Waals surface area contributed by atoms with Crippen molar-refractivity contribution in [2.45, 2.75) is 0 Å². The molecule has 0 heterocycles. The van der Waals surface area contributed by atoms with Gasteiger partial charge in [-0.1, -0.05) is 12.1 Å². The highest BCUT2D eigenvalue weighted by Crippen LogP contribution is 2.20. The molecule has 1 amide bonds. The predicted molar refractivity (Wildman–Crippen MR) is 81.2 cm³/mol. The third-order valence-corrected chi connectivity index (χ3v) is 3.89. The molecule has 0 fully saturated rings. The standard InChI is InChI=1S/C13H8BrFINO/c14-9-6-5-8(7-10(9)15)13(18)17-12-4-2-1-3-11(12)16/h1-7H,(H,17,18). The van der Waals surface area contributed by atoms with Crippen LogP contribution in [0.2, 0.25) is 0 Å². The number of amides is 1. The van der Waals surface area contributed by atoms with Gasteiger partial charge in [0.05, 0.1) is 10.2 Å². The molecule has 2 aromatic rings. The Kier molecular flexibility index (Phi) is 4.34. The van der Waals surface area contributed by atoms with E-state index in [1.54, 1.807) is 12.1 Å². The first kappa shape index (κ1) is 13.5. The van der Waals surface area contributed by atoms with Crippen molar-refractivity contribution in [3.05, 3.63) is 61.9 Å². The average Bonchev–Trinajstić information content (AvgIpc) is 2.35. The zero-order valence-electron chi connectivity index (χ0n) is 9.08. The average molecular weight is 420 g/mol. The van der Waals surface area contributed by atoms with Crippen LogP contribution in [-0.2, 0) is 0 Å². The highest BCUT2D eigenvalue weighted by atomic mass is 127. The summed E-state index contributed by atoms with van der Waals surface area (Å²) in [5.41, 5.74) is 1.00. The Hall–Kier alpha value is -0.950. The summed E-state index contributed by atoms with van der Waals surface area (Å²) in [5.74, 6) is -0.782. The first-order valence-corrected chi connectivity index (χ1v) is 6.96. The van der Waals surface area contributed by atoms with Gasteiger partial charge in [-0.05, 0) is 68.9 Å². The number of anilines is 1. The van der Waals surface area contributed by atoms with Gasteiger partial charge in [0.1, 0.15) is 5.82 Å². The molecule has 92 valence electrons. The number of nitrogens with one attached hydrogen (secondary N) is 1. The van der Waals surface area contributed by atoms with Gasteiger partial charge in [-0.15, -0.1) is 0 Å². The van der Waals surface area contributed by atoms with Gasteiger partial charge in [0.2, 0.25) is 0 Å². The fourth-order valence-electron chi connectivity index (χ4n) is 1.39. The largest absolute Gasteiger partial charge is 0.321 e. The van der Waals surface area contributed by atoms with Crippen LogP contribution in [-0.4, -0.2) is 5.91 Å². The summed E-state index contributed by atoms with van der Waals surface area (Å²) in [7, 11) is 0. The Balaban J connectivity index is 2.22. The molecule has 0 spiro atoms. The molecule has 0 aliphatic heterocycles. The van der Waals surface area contributed by atoms with Gasteiger partial charge in [-0.2, -0.15) is 0 Å². The molecule has 0 bridgehead atoms. The van der Waals surface area contributed by atoms with Crippen molar-refractivity contribution in [3.8, 4) is 0 Å². The Morgan fingerprint density at radius 2 is 1.94 bits per heavy atom. The van der Waals surface area contributed by atoms with Gasteiger partial charge < -0.3 is 5.32 Å². The Bertz CT molecular complexity index is 603. The van der Waals surface area contributed by atoms with Crippen LogP contribution in [0.5, 0.6) is 0 Å². The molecule has 0 radical (unpaired) electrons. The fraction of sp³-hybridized carbons (Fsp3) is 0. The fourth-order valence-corrected chi connectivity index (χ4v) is 2.16. The summed E-state index contributed by atoms with van der Waals surface area (Å²) < 4.78 is 14.6. The van der Waals surface area contributed by atoms with Crippen LogP contribution < -0.4 is 5.32 Å². The number of carbonyl (C=O) groups excluding carboxylic acids is 1. The van der Waals surface area contributed by atoms with Crippen molar-refractivity contribution in [2.24, 2.45) is 0 Å². The van der Waals surface area contributed by atoms with E-state index >= 15 is 0 Å². The number of rotatable bonds is 2. The maximum absolute atomic E-state index is 13.3. The van der Waals surface area contributed by atoms with Crippen LogP contribution in [0.3, 0.4) is 0 Å². The molecule has 0 atom stereocenters. The van der Waals surface area contributed by atoms with Crippen LogP contribution in [0, 0.1) is 9.39 Å². The molecular weight excluding hydrogens is 412 g/mol. The first-order chi connectivity index (χ1) is 8.58. The molecule has 2 aromatic carbocycles. The SMILES string of the molecule is O=C(Nc1ccccc1I)c1ccc(Br)c(F)c1. The maximum atomic E-state index is 13.3. The molecule has 2 nitrogen and oxygen atoms in total. The number of benzene rings is 2. The molecule has 18 heavy (non-hydrogen) atoms. The number of hydrogen-bond acceptors (Lipinski definition) is 1. The van der Waals surface area contributed by atoms with E-state index in [0.29, 0.717) is 10.2 Å². The third-order valence-electron chi connectivity index (χ3n) is 2.30. The van der Waals surface area contributed by atoms with Crippen molar-refractivity contribution in [1.29, 1.82) is 0 Å². The van der Waals surface area contributed by atoms with Gasteiger partial charge in [0.25, 0.3) is 5.91 Å². The Labute approximate surface area is 126 Å². The van der Waals surface area contributed by atoms with Gasteiger partial charge in [-0.3, -0.25) is 4.79 Å². The molecule has 5 heteroatoms. The molecule has 0 aromatic heterocycles. The lowest BCUT2D eigenvalue weighted by Gasteiger charge is -2.07. The van der Waals surface area contributed by atoms with E-state index in [1.165, 1.54) is 12.1 Å². The van der Waals surface area contributed by atoms with Crippen molar-refractivity contribution in [3.63, 3.8) is 0 Å². The molecule has 2 rings (SSSR count). The molecular formula is C13H8BrFINO. The highest BCUT2D eigenvalue weighted by Gasteiger charge is 2.10. The van der Waals surface area contributed by atoms with E-state index in [0.717, 1.165) is 3.57 Å². The number of para-hydroxylation sites is 1. The van der Waals surface area contributed by atoms with Crippen molar-refractivity contribution in [1.82, 2.24) is 0 Å². The minimum absolute atomic E-state index is 0.287. The zero-order chi connectivity index (χ0) is 13.1. The smallest absolute Gasteiger partial charge is 0.255 e. The molecule has 0 saturated heterocycles. The van der Waals surface area contributed by atoms with Gasteiger partial charge in [-0.25, -0.2) is 4.39 Å². The molecule has 1 N–H and O–H groups in total. The molecule has 0 aliphatic carbocycles. The second kappa shape index (κ2) is 5.79. The summed E-state index contributed by atoms with van der Waals surface area (Å²) >= 11 is 5.18. The van der Waals surface area contributed by atoms with Crippen molar-refractivity contribution in [2.75, 3.05) is 5.32 Å². The van der Waals surface area contributed by atoms with Gasteiger partial charge in [0, 0.05) is 9.13 Å². The summed E-state index contributed by atoms with van der Waals surface area (Å²) in [5, 5.41) is 2.74. The Morgan fingerprint density at radius 3 is 2.61 bits per heavy atom. The lowest BCUT2D eigenvalue weighted by atomic mass is 10.2. The predicted octanol–water partition coefficient (Wildman–Crippen LogP) is 4.45. The summed E-state index contributed by atoms with van der Waals surface area (Å²) in [6, 6.07) is 11.7. The minimum Gasteiger partial charge on any atom is -0.321 e. The quantitative estimate of drug-likeness (QED) is 0.716. The minimum atomic E-state index is -0.453. The van der Waals surface area contributed by atoms with Crippen LogP contribution in [0.4, 0.5) is 10.1 Å². The van der Waals surface area contributed by atoms with Crippen LogP contribution in [0.15, 0.2) is 46.9 Å². The second-order valence-electron chi connectivity index (χ2n) is 3.56. The zero-order valence-corrected chi connectivity index (χ0v) is 12.8. The first-order valence-electron chi connectivity index (χ1n) is 5.09. The lowest BCUT2D eigenvalue weighted by Crippen LogP contribution is -2.13. The topological polar surface area (TPSA) is 29.1 Å². The van der Waals surface area contributed by atoms with E-state index < -0.39 is 5.82 Å². The summed E-state index contributed by atoms with van der Waals surface area (Å²) in [6.07, 6.45) is 0. The van der Waals surface area contributed by atoms with Gasteiger partial charge in [0.15, 0.2) is 0 Å². The molecule has 0 aliphatic rings. The van der Waals surface area contributed by atoms with Crippen LogP contribution in [0.1, 0.15) is 10.4 Å². The summed E-state index contributed by atoms with van der Waals surface area (Å²) in [4.78, 5) is 11.9. The van der Waals surface area contributed by atoms with Crippen molar-refractivity contribution < 1.29 is 9.18 Å². The monoisotopic (exact) mass is 419 g/mol. The van der Waals surface area contributed by atoms with E-state index in [-0.39, 0.29) is 11.5 Å². The van der Waals surface area contributed by atoms with Crippen LogP contribution in [0.25, 0.3) is 0 Å². The van der Waals surface area contributed by atoms with E-state index in [4.69, 9.17) is 0 Å². The lowest BCUT2D eigenvalue weighted by molar-refractivity contribution is 0.102. The van der Waals surface area contributed by atoms with E-state index in [1.807, 2.05) is 18.2 Å². The molecule has 0 saturated carbocycles. The maximum Gasteiger partial charge on any atom is 0.255 e. The summed E-state index contributed by atoms with van der Waals surface area (Å²) in [6.45, 7) is 0. The Morgan fingerprint density at radius 1 is 1.22 bits per heavy atom. The van der Waals surface area contributed by atoms with Crippen molar-refractivity contribution >= 4 is 50.1 Å². The number of hydrogen-bond donors (Lipinski definition) is 1. The third kappa shape index (κ3) is 3.08. The van der Waals surface area contributed by atoms with E-state index in [2.05, 4.69) is 43.8 Å². The van der Waals surface area contributed by atoms with Crippen LogP contribution >= 0.6 is 38.5 Å². The highest BCUT2D eigenvalue weighted by molar-refractivity contribution is 14.1. The number of halogens is 3.